The zero-order valence-corrected chi connectivity index (χ0v) is 14.0. The molecule has 0 spiro atoms. The maximum absolute atomic E-state index is 13.9. The van der Waals surface area contributed by atoms with Crippen molar-refractivity contribution in [2.45, 2.75) is 25.8 Å². The first-order valence-electron chi connectivity index (χ1n) is 8.53. The quantitative estimate of drug-likeness (QED) is 0.758. The zero-order valence-electron chi connectivity index (χ0n) is 14.0. The van der Waals surface area contributed by atoms with Gasteiger partial charge in [0.1, 0.15) is 17.5 Å². The topological polar surface area (TPSA) is 46.9 Å². The van der Waals surface area contributed by atoms with E-state index in [4.69, 9.17) is 0 Å². The molecule has 2 aromatic carbocycles. The zero-order chi connectivity index (χ0) is 18.1. The lowest BCUT2D eigenvalue weighted by Crippen LogP contribution is -2.14. The summed E-state index contributed by atoms with van der Waals surface area (Å²) in [4.78, 5) is 17.1. The molecule has 4 rings (SSSR count). The average molecular weight is 353 g/mol. The van der Waals surface area contributed by atoms with Crippen molar-refractivity contribution in [2.24, 2.45) is 0 Å². The van der Waals surface area contributed by atoms with Gasteiger partial charge in [-0.25, -0.2) is 13.8 Å². The maximum atomic E-state index is 13.9. The van der Waals surface area contributed by atoms with E-state index < -0.39 is 17.5 Å². The summed E-state index contributed by atoms with van der Waals surface area (Å²) in [5, 5.41) is 2.72. The number of rotatable bonds is 3. The molecule has 1 aliphatic rings. The van der Waals surface area contributed by atoms with Crippen molar-refractivity contribution in [3.63, 3.8) is 0 Å². The molecule has 0 aliphatic carbocycles. The van der Waals surface area contributed by atoms with Crippen LogP contribution in [0.3, 0.4) is 0 Å². The fraction of sp³-hybridized carbons (Fsp3) is 0.200. The number of benzene rings is 2. The van der Waals surface area contributed by atoms with Crippen LogP contribution in [0, 0.1) is 11.6 Å². The molecule has 0 saturated carbocycles. The van der Waals surface area contributed by atoms with Crippen LogP contribution >= 0.6 is 0 Å². The highest BCUT2D eigenvalue weighted by Crippen LogP contribution is 2.29. The Labute approximate surface area is 149 Å². The average Bonchev–Trinajstić information content (AvgIpc) is 3.06. The van der Waals surface area contributed by atoms with Crippen molar-refractivity contribution in [1.82, 2.24) is 9.55 Å². The van der Waals surface area contributed by atoms with E-state index in [1.165, 1.54) is 0 Å². The Hall–Kier alpha value is -3.02. The smallest absolute Gasteiger partial charge is 0.258 e. The van der Waals surface area contributed by atoms with E-state index in [1.807, 2.05) is 18.3 Å². The van der Waals surface area contributed by atoms with Crippen LogP contribution in [0.2, 0.25) is 0 Å². The van der Waals surface area contributed by atoms with Gasteiger partial charge in [-0.05, 0) is 31.0 Å². The summed E-state index contributed by atoms with van der Waals surface area (Å²) < 4.78 is 29.1. The van der Waals surface area contributed by atoms with Crippen LogP contribution in [0.15, 0.2) is 48.7 Å². The number of hydrogen-bond donors (Lipinski definition) is 1. The maximum Gasteiger partial charge on any atom is 0.258 e. The van der Waals surface area contributed by atoms with Crippen LogP contribution in [0.1, 0.15) is 29.0 Å². The Kier molecular flexibility index (Phi) is 4.24. The number of para-hydroxylation sites is 1. The molecule has 3 aromatic rings. The Morgan fingerprint density at radius 1 is 1.12 bits per heavy atom. The number of anilines is 1. The summed E-state index contributed by atoms with van der Waals surface area (Å²) in [6.07, 6.45) is 5.18. The van der Waals surface area contributed by atoms with E-state index in [2.05, 4.69) is 14.9 Å². The fourth-order valence-corrected chi connectivity index (χ4v) is 3.22. The third-order valence-electron chi connectivity index (χ3n) is 4.54. The number of aromatic nitrogens is 2. The molecule has 1 N–H and O–H groups in total. The molecule has 0 atom stereocenters. The molecule has 0 bridgehead atoms. The van der Waals surface area contributed by atoms with Gasteiger partial charge in [0.2, 0.25) is 0 Å². The van der Waals surface area contributed by atoms with E-state index in [9.17, 15) is 13.6 Å². The first-order valence-corrected chi connectivity index (χ1v) is 8.53. The van der Waals surface area contributed by atoms with Crippen molar-refractivity contribution in [3.8, 4) is 11.3 Å². The molecule has 4 nitrogen and oxygen atoms in total. The van der Waals surface area contributed by atoms with Crippen LogP contribution in [0.5, 0.6) is 0 Å². The van der Waals surface area contributed by atoms with Gasteiger partial charge in [-0.1, -0.05) is 18.2 Å². The van der Waals surface area contributed by atoms with Gasteiger partial charge >= 0.3 is 0 Å². The molecule has 26 heavy (non-hydrogen) atoms. The summed E-state index contributed by atoms with van der Waals surface area (Å²) in [6, 6.07) is 10.2. The first-order chi connectivity index (χ1) is 12.6. The highest BCUT2D eigenvalue weighted by Gasteiger charge is 2.18. The summed E-state index contributed by atoms with van der Waals surface area (Å²) >= 11 is 0. The number of fused-ring (bicyclic) bond motifs is 1. The number of aryl methyl sites for hydroxylation is 2. The van der Waals surface area contributed by atoms with Crippen LogP contribution < -0.4 is 5.32 Å². The first kappa shape index (κ1) is 16.4. The van der Waals surface area contributed by atoms with Crippen molar-refractivity contribution in [1.29, 1.82) is 0 Å². The normalized spacial score (nSPS) is 13.3. The van der Waals surface area contributed by atoms with Gasteiger partial charge in [-0.3, -0.25) is 4.79 Å². The van der Waals surface area contributed by atoms with Crippen LogP contribution in [-0.4, -0.2) is 15.5 Å². The van der Waals surface area contributed by atoms with Gasteiger partial charge in [0.05, 0.1) is 16.9 Å². The highest BCUT2D eigenvalue weighted by atomic mass is 19.1. The van der Waals surface area contributed by atoms with E-state index >= 15 is 0 Å². The lowest BCUT2D eigenvalue weighted by atomic mass is 10.1. The van der Waals surface area contributed by atoms with E-state index in [-0.39, 0.29) is 5.56 Å². The molecule has 2 heterocycles. The molecule has 1 aliphatic heterocycles. The molecule has 0 saturated heterocycles. The van der Waals surface area contributed by atoms with Gasteiger partial charge in [0.25, 0.3) is 5.91 Å². The van der Waals surface area contributed by atoms with Crippen molar-refractivity contribution in [2.75, 3.05) is 5.32 Å². The minimum atomic E-state index is -0.891. The van der Waals surface area contributed by atoms with Gasteiger partial charge < -0.3 is 9.88 Å². The van der Waals surface area contributed by atoms with Crippen LogP contribution in [0.25, 0.3) is 11.3 Å². The minimum absolute atomic E-state index is 0.203. The predicted molar refractivity (Wildman–Crippen MR) is 94.9 cm³/mol. The third-order valence-corrected chi connectivity index (χ3v) is 4.54. The van der Waals surface area contributed by atoms with Gasteiger partial charge in [-0.2, -0.15) is 0 Å². The number of nitrogens with one attached hydrogen (secondary N) is 1. The number of halogens is 2. The monoisotopic (exact) mass is 353 g/mol. The molecule has 132 valence electrons. The van der Waals surface area contributed by atoms with E-state index in [0.29, 0.717) is 11.8 Å². The summed E-state index contributed by atoms with van der Waals surface area (Å²) in [5.74, 6) is -1.20. The second kappa shape index (κ2) is 6.71. The third kappa shape index (κ3) is 3.10. The second-order valence-electron chi connectivity index (χ2n) is 6.32. The Balaban J connectivity index is 1.66. The molecule has 1 amide bonds. The van der Waals surface area contributed by atoms with Gasteiger partial charge in [-0.15, -0.1) is 0 Å². The number of carbonyl (C=O) groups is 1. The van der Waals surface area contributed by atoms with Crippen molar-refractivity contribution >= 4 is 11.6 Å². The van der Waals surface area contributed by atoms with E-state index in [1.54, 1.807) is 12.1 Å². The lowest BCUT2D eigenvalue weighted by molar-refractivity contribution is 0.102. The fourth-order valence-electron chi connectivity index (χ4n) is 3.22. The summed E-state index contributed by atoms with van der Waals surface area (Å²) in [7, 11) is 0. The van der Waals surface area contributed by atoms with Gasteiger partial charge in [0, 0.05) is 30.8 Å². The second-order valence-corrected chi connectivity index (χ2v) is 6.32. The number of carbonyl (C=O) groups excluding carboxylic acids is 1. The Morgan fingerprint density at radius 3 is 2.77 bits per heavy atom. The summed E-state index contributed by atoms with van der Waals surface area (Å²) in [5.41, 5.74) is 1.88. The van der Waals surface area contributed by atoms with Crippen molar-refractivity contribution < 1.29 is 13.6 Å². The van der Waals surface area contributed by atoms with Gasteiger partial charge in [0.15, 0.2) is 0 Å². The molecule has 0 fully saturated rings. The van der Waals surface area contributed by atoms with Crippen molar-refractivity contribution in [3.05, 3.63) is 71.7 Å². The lowest BCUT2D eigenvalue weighted by Gasteiger charge is -2.11. The molecule has 6 heteroatoms. The number of amides is 1. The SMILES string of the molecule is O=C(Nc1ccccc1-c1cn2c(n1)CCCC2)c1ccc(F)cc1F. The molecule has 0 unspecified atom stereocenters. The Morgan fingerprint density at radius 2 is 1.96 bits per heavy atom. The molecule has 1 aromatic heterocycles. The minimum Gasteiger partial charge on any atom is -0.334 e. The number of hydrogen-bond acceptors (Lipinski definition) is 2. The number of nitrogens with zero attached hydrogens (tertiary/aromatic N) is 2. The molecule has 0 radical (unpaired) electrons. The largest absolute Gasteiger partial charge is 0.334 e. The standard InChI is InChI=1S/C20H17F2N3O/c21-13-8-9-14(16(22)11-13)20(26)24-17-6-2-1-5-15(17)18-12-25-10-4-3-7-19(25)23-18/h1-2,5-6,8-9,11-12H,3-4,7,10H2,(H,24,26). The predicted octanol–water partition coefficient (Wildman–Crippen LogP) is 4.42. The van der Waals surface area contributed by atoms with E-state index in [0.717, 1.165) is 55.0 Å². The molecular formula is C20H17F2N3O. The molecular weight excluding hydrogens is 336 g/mol. The van der Waals surface area contributed by atoms with Crippen LogP contribution in [0.4, 0.5) is 14.5 Å². The Bertz CT molecular complexity index is 957. The highest BCUT2D eigenvalue weighted by molar-refractivity contribution is 6.06. The number of imidazole rings is 1. The van der Waals surface area contributed by atoms with Crippen LogP contribution in [-0.2, 0) is 13.0 Å². The summed E-state index contributed by atoms with van der Waals surface area (Å²) in [6.45, 7) is 0.942.